The van der Waals surface area contributed by atoms with Gasteiger partial charge in [0.25, 0.3) is 5.22 Å². The zero-order chi connectivity index (χ0) is 17.6. The Morgan fingerprint density at radius 2 is 2.08 bits per heavy atom. The predicted octanol–water partition coefficient (Wildman–Crippen LogP) is 3.12. The van der Waals surface area contributed by atoms with Gasteiger partial charge in [-0.1, -0.05) is 11.8 Å². The molecule has 8 heteroatoms. The van der Waals surface area contributed by atoms with Crippen molar-refractivity contribution in [1.29, 1.82) is 5.26 Å². The maximum atomic E-state index is 12.3. The van der Waals surface area contributed by atoms with E-state index in [0.717, 1.165) is 5.56 Å². The van der Waals surface area contributed by atoms with Crippen LogP contribution in [-0.4, -0.2) is 26.3 Å². The number of carbonyl (C=O) groups is 1. The Bertz CT molecular complexity index is 903. The van der Waals surface area contributed by atoms with Gasteiger partial charge >= 0.3 is 0 Å². The number of rotatable bonds is 5. The molecule has 7 nitrogen and oxygen atoms in total. The first-order chi connectivity index (χ1) is 12.2. The molecule has 0 bridgehead atoms. The van der Waals surface area contributed by atoms with Crippen LogP contribution in [0.1, 0.15) is 12.5 Å². The molecule has 0 aliphatic carbocycles. The maximum Gasteiger partial charge on any atom is 0.277 e. The Balaban J connectivity index is 1.61. The number of carbonyl (C=O) groups excluding carboxylic acids is 1. The van der Waals surface area contributed by atoms with E-state index in [1.807, 2.05) is 12.1 Å². The van der Waals surface area contributed by atoms with Gasteiger partial charge in [0.1, 0.15) is 0 Å². The monoisotopic (exact) mass is 351 g/mol. The molecule has 2 heterocycles. The Kier molecular flexibility index (Phi) is 5.06. The summed E-state index contributed by atoms with van der Waals surface area (Å²) in [6.45, 7) is 1.75. The number of nitrogens with one attached hydrogen (secondary N) is 1. The number of hydrogen-bond donors (Lipinski definition) is 1. The van der Waals surface area contributed by atoms with E-state index in [-0.39, 0.29) is 5.91 Å². The summed E-state index contributed by atoms with van der Waals surface area (Å²) in [5.41, 5.74) is 1.88. The molecule has 0 spiro atoms. The Morgan fingerprint density at radius 3 is 2.76 bits per heavy atom. The molecule has 0 aliphatic rings. The van der Waals surface area contributed by atoms with Crippen molar-refractivity contribution in [3.05, 3.63) is 54.4 Å². The highest BCUT2D eigenvalue weighted by Crippen LogP contribution is 2.26. The molecule has 1 atom stereocenters. The molecule has 1 amide bonds. The molecule has 0 fully saturated rings. The minimum atomic E-state index is -0.433. The Labute approximate surface area is 148 Å². The molecule has 0 saturated heterocycles. The van der Waals surface area contributed by atoms with Crippen molar-refractivity contribution in [3.63, 3.8) is 0 Å². The van der Waals surface area contributed by atoms with E-state index in [1.165, 1.54) is 11.8 Å². The quantitative estimate of drug-likeness (QED) is 0.704. The third-order valence-corrected chi connectivity index (χ3v) is 4.18. The van der Waals surface area contributed by atoms with Gasteiger partial charge in [0, 0.05) is 18.1 Å². The van der Waals surface area contributed by atoms with Crippen molar-refractivity contribution in [2.75, 3.05) is 5.32 Å². The van der Waals surface area contributed by atoms with Gasteiger partial charge in [0.05, 0.1) is 22.4 Å². The highest BCUT2D eigenvalue weighted by Gasteiger charge is 2.19. The lowest BCUT2D eigenvalue weighted by Crippen LogP contribution is -2.22. The van der Waals surface area contributed by atoms with E-state index < -0.39 is 5.25 Å². The van der Waals surface area contributed by atoms with Crippen molar-refractivity contribution in [2.45, 2.75) is 17.4 Å². The number of pyridine rings is 1. The molecule has 1 N–H and O–H groups in total. The van der Waals surface area contributed by atoms with Crippen molar-refractivity contribution >= 4 is 23.4 Å². The normalized spacial score (nSPS) is 11.5. The third-order valence-electron chi connectivity index (χ3n) is 3.24. The van der Waals surface area contributed by atoms with Crippen molar-refractivity contribution in [3.8, 4) is 17.5 Å². The second kappa shape index (κ2) is 7.59. The summed E-state index contributed by atoms with van der Waals surface area (Å²) in [6, 6.07) is 12.3. The second-order valence-electron chi connectivity index (χ2n) is 5.05. The van der Waals surface area contributed by atoms with Crippen LogP contribution >= 0.6 is 11.8 Å². The first-order valence-electron chi connectivity index (χ1n) is 7.37. The smallest absolute Gasteiger partial charge is 0.277 e. The highest BCUT2D eigenvalue weighted by molar-refractivity contribution is 8.00. The van der Waals surface area contributed by atoms with E-state index in [9.17, 15) is 4.79 Å². The lowest BCUT2D eigenvalue weighted by molar-refractivity contribution is -0.115. The lowest BCUT2D eigenvalue weighted by Gasteiger charge is -2.09. The molecular formula is C17H13N5O2S. The third kappa shape index (κ3) is 4.22. The summed E-state index contributed by atoms with van der Waals surface area (Å²) in [5, 5.41) is 19.3. The minimum Gasteiger partial charge on any atom is -0.411 e. The topological polar surface area (TPSA) is 105 Å². The van der Waals surface area contributed by atoms with Gasteiger partial charge in [0.15, 0.2) is 0 Å². The van der Waals surface area contributed by atoms with E-state index in [4.69, 9.17) is 9.68 Å². The molecule has 0 radical (unpaired) electrons. The number of benzene rings is 1. The van der Waals surface area contributed by atoms with E-state index >= 15 is 0 Å². The maximum absolute atomic E-state index is 12.3. The van der Waals surface area contributed by atoms with Crippen molar-refractivity contribution in [2.24, 2.45) is 0 Å². The summed E-state index contributed by atoms with van der Waals surface area (Å²) >= 11 is 1.17. The number of anilines is 1. The fraction of sp³-hybridized carbons (Fsp3) is 0.118. The van der Waals surface area contributed by atoms with E-state index in [0.29, 0.717) is 22.4 Å². The summed E-state index contributed by atoms with van der Waals surface area (Å²) in [5.74, 6) is 0.158. The summed E-state index contributed by atoms with van der Waals surface area (Å²) in [7, 11) is 0. The van der Waals surface area contributed by atoms with Gasteiger partial charge in [0.2, 0.25) is 11.8 Å². The molecule has 3 aromatic rings. The van der Waals surface area contributed by atoms with Crippen LogP contribution < -0.4 is 5.32 Å². The predicted molar refractivity (Wildman–Crippen MR) is 92.6 cm³/mol. The zero-order valence-corrected chi connectivity index (χ0v) is 14.0. The first kappa shape index (κ1) is 16.7. The van der Waals surface area contributed by atoms with Gasteiger partial charge in [-0.15, -0.1) is 10.2 Å². The summed E-state index contributed by atoms with van der Waals surface area (Å²) in [4.78, 5) is 16.3. The molecule has 1 aromatic carbocycles. The molecule has 0 saturated carbocycles. The molecule has 0 aliphatic heterocycles. The Hall–Kier alpha value is -3.18. The van der Waals surface area contributed by atoms with Crippen LogP contribution in [0, 0.1) is 11.3 Å². The van der Waals surface area contributed by atoms with Crippen LogP contribution in [0.15, 0.2) is 58.4 Å². The van der Waals surface area contributed by atoms with Crippen LogP contribution in [0.25, 0.3) is 11.5 Å². The van der Waals surface area contributed by atoms with E-state index in [1.54, 1.807) is 49.6 Å². The summed E-state index contributed by atoms with van der Waals surface area (Å²) in [6.07, 6.45) is 3.29. The molecule has 124 valence electrons. The first-order valence-corrected chi connectivity index (χ1v) is 8.25. The van der Waals surface area contributed by atoms with Crippen LogP contribution in [0.4, 0.5) is 5.69 Å². The van der Waals surface area contributed by atoms with Gasteiger partial charge in [-0.3, -0.25) is 9.78 Å². The van der Waals surface area contributed by atoms with Crippen LogP contribution in [0.2, 0.25) is 0 Å². The average Bonchev–Trinajstić information content (AvgIpc) is 3.11. The van der Waals surface area contributed by atoms with Gasteiger partial charge in [-0.2, -0.15) is 5.26 Å². The molecular weight excluding hydrogens is 338 g/mol. The Morgan fingerprint density at radius 1 is 1.28 bits per heavy atom. The van der Waals surface area contributed by atoms with Crippen molar-refractivity contribution in [1.82, 2.24) is 15.2 Å². The number of nitriles is 1. The number of nitrogens with zero attached hydrogens (tertiary/aromatic N) is 4. The largest absolute Gasteiger partial charge is 0.411 e. The number of thioether (sulfide) groups is 1. The number of amides is 1. The SMILES string of the molecule is C[C@H](Sc1nnc(-c2cccnc2)o1)C(=O)Nc1ccc(C#N)cc1. The fourth-order valence-corrected chi connectivity index (χ4v) is 2.62. The van der Waals surface area contributed by atoms with Gasteiger partial charge in [-0.25, -0.2) is 0 Å². The standard InChI is InChI=1S/C17H13N5O2S/c1-11(15(23)20-14-6-4-12(9-18)5-7-14)25-17-22-21-16(24-17)13-3-2-8-19-10-13/h2-8,10-11H,1H3,(H,20,23)/t11-/m0/s1. The molecule has 2 aromatic heterocycles. The number of hydrogen-bond acceptors (Lipinski definition) is 7. The van der Waals surface area contributed by atoms with Crippen molar-refractivity contribution < 1.29 is 9.21 Å². The minimum absolute atomic E-state index is 0.198. The van der Waals surface area contributed by atoms with Crippen LogP contribution in [0.5, 0.6) is 0 Å². The average molecular weight is 351 g/mol. The fourth-order valence-electron chi connectivity index (χ4n) is 1.94. The van der Waals surface area contributed by atoms with Crippen LogP contribution in [-0.2, 0) is 4.79 Å². The molecule has 25 heavy (non-hydrogen) atoms. The second-order valence-corrected chi connectivity index (χ2v) is 6.35. The van der Waals surface area contributed by atoms with Gasteiger partial charge < -0.3 is 9.73 Å². The number of aromatic nitrogens is 3. The van der Waals surface area contributed by atoms with Gasteiger partial charge in [-0.05, 0) is 43.3 Å². The molecule has 3 rings (SSSR count). The van der Waals surface area contributed by atoms with E-state index in [2.05, 4.69) is 20.5 Å². The zero-order valence-electron chi connectivity index (χ0n) is 13.2. The molecule has 0 unspecified atom stereocenters. The summed E-state index contributed by atoms with van der Waals surface area (Å²) < 4.78 is 5.56. The highest BCUT2D eigenvalue weighted by atomic mass is 32.2. The lowest BCUT2D eigenvalue weighted by atomic mass is 10.2. The van der Waals surface area contributed by atoms with Crippen LogP contribution in [0.3, 0.4) is 0 Å².